The minimum Gasteiger partial charge on any atom is -0.506 e. The van der Waals surface area contributed by atoms with Gasteiger partial charge in [0.25, 0.3) is 0 Å². The Balaban J connectivity index is 1.13. The van der Waals surface area contributed by atoms with Crippen molar-refractivity contribution in [3.8, 4) is 11.5 Å². The number of aromatic amines is 1. The van der Waals surface area contributed by atoms with E-state index in [1.54, 1.807) is 24.3 Å². The molecule has 6 N–H and O–H groups in total. The largest absolute Gasteiger partial charge is 0.506 e. The number of carbonyl (C=O) groups excluding carboxylic acids is 1. The number of anilines is 1. The van der Waals surface area contributed by atoms with Crippen molar-refractivity contribution in [2.24, 2.45) is 0 Å². The summed E-state index contributed by atoms with van der Waals surface area (Å²) in [5, 5.41) is 37.9. The number of phenols is 1. The number of fused-ring (bicyclic) bond motifs is 1. The average Bonchev–Trinajstić information content (AvgIpc) is 3.06. The molecule has 1 amide bonds. The lowest BCUT2D eigenvalue weighted by atomic mass is 9.69. The van der Waals surface area contributed by atoms with E-state index < -0.39 is 17.5 Å². The van der Waals surface area contributed by atoms with Crippen LogP contribution in [0, 0.1) is 0 Å². The molecule has 1 heterocycles. The lowest BCUT2D eigenvalue weighted by molar-refractivity contribution is -0.145. The third kappa shape index (κ3) is 7.78. The van der Waals surface area contributed by atoms with Crippen LogP contribution in [0.25, 0.3) is 10.9 Å². The number of amides is 1. The van der Waals surface area contributed by atoms with Crippen molar-refractivity contribution >= 4 is 40.1 Å². The molecule has 1 aliphatic rings. The highest BCUT2D eigenvalue weighted by molar-refractivity contribution is 6.33. The van der Waals surface area contributed by atoms with E-state index in [2.05, 4.69) is 15.6 Å². The van der Waals surface area contributed by atoms with Crippen LogP contribution in [0.2, 0.25) is 5.02 Å². The van der Waals surface area contributed by atoms with Crippen molar-refractivity contribution in [3.63, 3.8) is 0 Å². The first-order valence-electron chi connectivity index (χ1n) is 15.8. The fourth-order valence-corrected chi connectivity index (χ4v) is 6.69. The van der Waals surface area contributed by atoms with E-state index in [4.69, 9.17) is 16.3 Å². The first-order valence-corrected chi connectivity index (χ1v) is 16.2. The zero-order valence-electron chi connectivity index (χ0n) is 26.3. The molecule has 1 aromatic heterocycles. The van der Waals surface area contributed by atoms with Gasteiger partial charge in [0.15, 0.2) is 0 Å². The number of methoxy groups -OCH3 is 1. The number of carbonyl (C=O) groups is 2. The maximum atomic E-state index is 12.8. The van der Waals surface area contributed by atoms with Gasteiger partial charge >= 0.3 is 5.97 Å². The molecule has 10 nitrogen and oxygen atoms in total. The summed E-state index contributed by atoms with van der Waals surface area (Å²) in [4.78, 5) is 39.2. The summed E-state index contributed by atoms with van der Waals surface area (Å²) in [5.74, 6) is -0.505. The van der Waals surface area contributed by atoms with Gasteiger partial charge in [-0.05, 0) is 60.6 Å². The van der Waals surface area contributed by atoms with Gasteiger partial charge in [-0.1, -0.05) is 61.2 Å². The molecule has 0 spiro atoms. The number of pyridine rings is 1. The molecular formula is C36H40ClN3O7. The van der Waals surface area contributed by atoms with Gasteiger partial charge in [0.1, 0.15) is 11.5 Å². The number of aliphatic carboxylic acids is 1. The van der Waals surface area contributed by atoms with Crippen LogP contribution < -0.4 is 20.9 Å². The molecular weight excluding hydrogens is 622 g/mol. The van der Waals surface area contributed by atoms with Crippen LogP contribution >= 0.6 is 11.6 Å². The van der Waals surface area contributed by atoms with Crippen LogP contribution in [0.5, 0.6) is 11.5 Å². The van der Waals surface area contributed by atoms with E-state index >= 15 is 0 Å². The predicted octanol–water partition coefficient (Wildman–Crippen LogP) is 5.97. The molecule has 1 fully saturated rings. The number of aryl methyl sites for hydroxylation is 1. The summed E-state index contributed by atoms with van der Waals surface area (Å²) < 4.78 is 5.55. The van der Waals surface area contributed by atoms with Crippen molar-refractivity contribution in [2.75, 3.05) is 19.0 Å². The molecule has 5 rings (SSSR count). The molecule has 1 aliphatic carbocycles. The lowest BCUT2D eigenvalue weighted by Gasteiger charge is -2.33. The van der Waals surface area contributed by atoms with E-state index in [1.807, 2.05) is 24.3 Å². The van der Waals surface area contributed by atoms with Gasteiger partial charge in [0.05, 0.1) is 34.9 Å². The number of aliphatic hydroxyl groups is 1. The quantitative estimate of drug-likeness (QED) is 0.102. The van der Waals surface area contributed by atoms with E-state index in [9.17, 15) is 29.7 Å². The number of rotatable bonds is 13. The number of H-pyrrole nitrogens is 1. The van der Waals surface area contributed by atoms with Crippen molar-refractivity contribution < 1.29 is 29.6 Å². The summed E-state index contributed by atoms with van der Waals surface area (Å²) >= 11 is 6.53. The van der Waals surface area contributed by atoms with Crippen LogP contribution in [0.3, 0.4) is 0 Å². The smallest absolute Gasteiger partial charge is 0.314 e. The summed E-state index contributed by atoms with van der Waals surface area (Å²) in [6, 6.07) is 17.1. The molecule has 1 saturated carbocycles. The summed E-state index contributed by atoms with van der Waals surface area (Å²) in [7, 11) is 1.52. The lowest BCUT2D eigenvalue weighted by Crippen LogP contribution is -2.37. The molecule has 0 bridgehead atoms. The molecule has 0 aliphatic heterocycles. The fourth-order valence-electron chi connectivity index (χ4n) is 6.46. The van der Waals surface area contributed by atoms with Crippen LogP contribution in [-0.4, -0.2) is 45.8 Å². The molecule has 0 saturated heterocycles. The number of aromatic nitrogens is 1. The van der Waals surface area contributed by atoms with Crippen molar-refractivity contribution in [1.29, 1.82) is 0 Å². The molecule has 1 unspecified atom stereocenters. The Labute approximate surface area is 277 Å². The molecule has 3 aromatic carbocycles. The van der Waals surface area contributed by atoms with E-state index in [1.165, 1.54) is 19.2 Å². The number of carboxylic acid groups (broad SMARTS) is 1. The van der Waals surface area contributed by atoms with Crippen molar-refractivity contribution in [2.45, 2.75) is 69.4 Å². The average molecular weight is 662 g/mol. The van der Waals surface area contributed by atoms with Gasteiger partial charge in [-0.2, -0.15) is 0 Å². The Bertz CT molecular complexity index is 1800. The highest BCUT2D eigenvalue weighted by Gasteiger charge is 2.41. The first kappa shape index (κ1) is 34.0. The fraction of sp³-hybridized carbons (Fsp3) is 0.361. The molecule has 4 aromatic rings. The van der Waals surface area contributed by atoms with Gasteiger partial charge in [-0.3, -0.25) is 14.4 Å². The van der Waals surface area contributed by atoms with Crippen LogP contribution in [0.4, 0.5) is 5.69 Å². The Morgan fingerprint density at radius 3 is 2.49 bits per heavy atom. The van der Waals surface area contributed by atoms with Crippen molar-refractivity contribution in [3.05, 3.63) is 98.3 Å². The Morgan fingerprint density at radius 1 is 1.04 bits per heavy atom. The Hall–Kier alpha value is -4.38. The van der Waals surface area contributed by atoms with Crippen molar-refractivity contribution in [1.82, 2.24) is 10.3 Å². The third-order valence-electron chi connectivity index (χ3n) is 9.06. The number of phenolic OH excluding ortho intramolecular Hbond substituents is 1. The topological polar surface area (TPSA) is 161 Å². The highest BCUT2D eigenvalue weighted by atomic mass is 35.5. The number of nitrogens with one attached hydrogen (secondary N) is 3. The number of aromatic hydroxyl groups is 1. The number of aliphatic hydroxyl groups excluding tert-OH is 1. The minimum absolute atomic E-state index is 0.0791. The van der Waals surface area contributed by atoms with Crippen LogP contribution in [-0.2, 0) is 28.0 Å². The molecule has 1 atom stereocenters. The summed E-state index contributed by atoms with van der Waals surface area (Å²) in [5.41, 5.74) is 2.72. The van der Waals surface area contributed by atoms with Gasteiger partial charge in [0, 0.05) is 42.6 Å². The van der Waals surface area contributed by atoms with E-state index in [-0.39, 0.29) is 35.7 Å². The second kappa shape index (κ2) is 15.0. The van der Waals surface area contributed by atoms with E-state index in [0.717, 1.165) is 36.0 Å². The zero-order valence-corrected chi connectivity index (χ0v) is 27.0. The zero-order chi connectivity index (χ0) is 33.6. The summed E-state index contributed by atoms with van der Waals surface area (Å²) in [6.07, 6.45) is 4.90. The number of carboxylic acids is 1. The molecule has 47 heavy (non-hydrogen) atoms. The van der Waals surface area contributed by atoms with Gasteiger partial charge in [0.2, 0.25) is 11.5 Å². The SMILES string of the molecule is COc1cc(NC(=O)CCCc2ccc(C3(C(=O)O)CCCCC3)cc2)c(Cl)cc1CNCC(O)c1ccc(O)c2[nH]c(=O)ccc12. The third-order valence-corrected chi connectivity index (χ3v) is 9.37. The Morgan fingerprint density at radius 2 is 1.79 bits per heavy atom. The maximum Gasteiger partial charge on any atom is 0.314 e. The normalized spacial score (nSPS) is 14.9. The number of hydrogen-bond acceptors (Lipinski definition) is 7. The molecule has 11 heteroatoms. The maximum absolute atomic E-state index is 12.8. The standard InChI is InChI=1S/C36H40ClN3O7/c1-47-31-19-28(39-32(43)7-5-6-22-8-10-24(11-9-22)36(35(45)46)16-3-2-4-17-36)27(37)18-23(31)20-38-21-30(42)25-12-14-29(41)34-26(25)13-15-33(44)40-34/h8-15,18-19,30,38,41-42H,2-7,16-17,20-21H2,1H3,(H,39,43)(H,40,44)(H,45,46). The van der Waals surface area contributed by atoms with E-state index in [0.29, 0.717) is 59.6 Å². The highest BCUT2D eigenvalue weighted by Crippen LogP contribution is 2.40. The molecule has 248 valence electrons. The predicted molar refractivity (Wildman–Crippen MR) is 181 cm³/mol. The van der Waals surface area contributed by atoms with Crippen LogP contribution in [0.1, 0.15) is 73.3 Å². The van der Waals surface area contributed by atoms with Gasteiger partial charge < -0.3 is 35.7 Å². The summed E-state index contributed by atoms with van der Waals surface area (Å²) in [6.45, 7) is 0.481. The minimum atomic E-state index is -0.930. The first-order chi connectivity index (χ1) is 22.6. The number of ether oxygens (including phenoxy) is 1. The second-order valence-corrected chi connectivity index (χ2v) is 12.5. The number of benzene rings is 3. The van der Waals surface area contributed by atoms with Crippen LogP contribution in [0.15, 0.2) is 65.5 Å². The van der Waals surface area contributed by atoms with Gasteiger partial charge in [-0.15, -0.1) is 0 Å². The number of hydrogen-bond donors (Lipinski definition) is 6. The Kier molecular flexibility index (Phi) is 10.9. The molecule has 0 radical (unpaired) electrons. The monoisotopic (exact) mass is 661 g/mol. The van der Waals surface area contributed by atoms with Gasteiger partial charge in [-0.25, -0.2) is 0 Å². The second-order valence-electron chi connectivity index (χ2n) is 12.1. The number of halogens is 1.